The van der Waals surface area contributed by atoms with E-state index in [-0.39, 0.29) is 0 Å². The van der Waals surface area contributed by atoms with E-state index in [1.165, 1.54) is 0 Å². The van der Waals surface area contributed by atoms with Crippen molar-refractivity contribution < 1.29 is 0 Å². The fraction of sp³-hybridized carbons (Fsp3) is 0.125. The molecule has 0 aromatic rings. The SMILES string of the molecule is N/C(=C\S)C1=CC=CN=CC1. The van der Waals surface area contributed by atoms with Gasteiger partial charge in [-0.25, -0.2) is 0 Å². The van der Waals surface area contributed by atoms with Gasteiger partial charge in [0, 0.05) is 24.5 Å². The molecule has 0 aromatic carbocycles. The summed E-state index contributed by atoms with van der Waals surface area (Å²) >= 11 is 3.96. The van der Waals surface area contributed by atoms with E-state index in [0.717, 1.165) is 12.0 Å². The second kappa shape index (κ2) is 4.03. The Bertz CT molecular complexity index is 249. The van der Waals surface area contributed by atoms with Crippen LogP contribution in [0.15, 0.2) is 40.0 Å². The quantitative estimate of drug-likeness (QED) is 0.571. The van der Waals surface area contributed by atoms with Crippen molar-refractivity contribution in [1.82, 2.24) is 0 Å². The number of rotatable bonds is 1. The summed E-state index contributed by atoms with van der Waals surface area (Å²) < 4.78 is 0. The summed E-state index contributed by atoms with van der Waals surface area (Å²) in [6, 6.07) is 0. The van der Waals surface area contributed by atoms with Gasteiger partial charge in [0.1, 0.15) is 0 Å². The second-order valence-electron chi connectivity index (χ2n) is 2.15. The van der Waals surface area contributed by atoms with Crippen molar-refractivity contribution >= 4 is 18.8 Å². The summed E-state index contributed by atoms with van der Waals surface area (Å²) in [5.74, 6) is 0. The van der Waals surface area contributed by atoms with E-state index < -0.39 is 0 Å². The Balaban J connectivity index is 2.80. The highest BCUT2D eigenvalue weighted by Gasteiger charge is 1.97. The lowest BCUT2D eigenvalue weighted by Crippen LogP contribution is -2.00. The fourth-order valence-corrected chi connectivity index (χ4v) is 0.952. The van der Waals surface area contributed by atoms with Crippen LogP contribution in [0.5, 0.6) is 0 Å². The molecule has 0 atom stereocenters. The molecule has 0 unspecified atom stereocenters. The Morgan fingerprint density at radius 3 is 3.27 bits per heavy atom. The van der Waals surface area contributed by atoms with Crippen LogP contribution in [0, 0.1) is 0 Å². The number of nitrogens with two attached hydrogens (primary N) is 1. The smallest absolute Gasteiger partial charge is 0.0411 e. The van der Waals surface area contributed by atoms with E-state index in [1.54, 1.807) is 11.6 Å². The fourth-order valence-electron chi connectivity index (χ4n) is 0.786. The van der Waals surface area contributed by atoms with Gasteiger partial charge >= 0.3 is 0 Å². The Hall–Kier alpha value is -0.960. The average Bonchev–Trinajstić information content (AvgIpc) is 2.30. The van der Waals surface area contributed by atoms with Gasteiger partial charge in [-0.05, 0) is 17.1 Å². The predicted molar refractivity (Wildman–Crippen MR) is 51.6 cm³/mol. The average molecular weight is 166 g/mol. The van der Waals surface area contributed by atoms with Gasteiger partial charge in [0.25, 0.3) is 0 Å². The minimum Gasteiger partial charge on any atom is -0.398 e. The first-order chi connectivity index (χ1) is 5.34. The molecule has 0 saturated heterocycles. The lowest BCUT2D eigenvalue weighted by atomic mass is 10.1. The zero-order valence-corrected chi connectivity index (χ0v) is 6.96. The molecule has 0 bridgehead atoms. The van der Waals surface area contributed by atoms with Gasteiger partial charge in [0.2, 0.25) is 0 Å². The van der Waals surface area contributed by atoms with Crippen molar-refractivity contribution in [3.8, 4) is 0 Å². The number of nitrogens with zero attached hydrogens (tertiary/aromatic N) is 1. The first-order valence-electron chi connectivity index (χ1n) is 3.32. The molecule has 58 valence electrons. The number of hydrogen-bond acceptors (Lipinski definition) is 3. The zero-order chi connectivity index (χ0) is 8.10. The van der Waals surface area contributed by atoms with Crippen LogP contribution in [0.1, 0.15) is 6.42 Å². The highest BCUT2D eigenvalue weighted by atomic mass is 32.1. The van der Waals surface area contributed by atoms with Crippen LogP contribution in [-0.4, -0.2) is 6.21 Å². The summed E-state index contributed by atoms with van der Waals surface area (Å²) in [4.78, 5) is 3.97. The lowest BCUT2D eigenvalue weighted by molar-refractivity contribution is 1.24. The number of thiol groups is 1. The molecule has 0 aromatic heterocycles. The number of aliphatic imine (C=N–C) groups is 1. The summed E-state index contributed by atoms with van der Waals surface area (Å²) in [6.45, 7) is 0. The summed E-state index contributed by atoms with van der Waals surface area (Å²) in [7, 11) is 0. The predicted octanol–water partition coefficient (Wildman–Crippen LogP) is 1.63. The molecule has 0 radical (unpaired) electrons. The Morgan fingerprint density at radius 2 is 2.55 bits per heavy atom. The lowest BCUT2D eigenvalue weighted by Gasteiger charge is -2.00. The van der Waals surface area contributed by atoms with Crippen LogP contribution in [-0.2, 0) is 0 Å². The maximum absolute atomic E-state index is 5.64. The molecule has 3 heteroatoms. The molecule has 1 aliphatic rings. The third kappa shape index (κ3) is 2.27. The van der Waals surface area contributed by atoms with Crippen LogP contribution in [0.2, 0.25) is 0 Å². The van der Waals surface area contributed by atoms with Crippen molar-refractivity contribution in [2.45, 2.75) is 6.42 Å². The largest absolute Gasteiger partial charge is 0.398 e. The van der Waals surface area contributed by atoms with Gasteiger partial charge in [-0.1, -0.05) is 6.08 Å². The van der Waals surface area contributed by atoms with Crippen LogP contribution in [0.3, 0.4) is 0 Å². The Morgan fingerprint density at radius 1 is 1.73 bits per heavy atom. The maximum atomic E-state index is 5.64. The van der Waals surface area contributed by atoms with E-state index in [0.29, 0.717) is 5.70 Å². The molecular formula is C8H10N2S. The van der Waals surface area contributed by atoms with Crippen molar-refractivity contribution in [2.75, 3.05) is 0 Å². The third-order valence-electron chi connectivity index (χ3n) is 1.40. The molecule has 11 heavy (non-hydrogen) atoms. The van der Waals surface area contributed by atoms with Gasteiger partial charge in [-0.2, -0.15) is 0 Å². The minimum atomic E-state index is 0.700. The van der Waals surface area contributed by atoms with Gasteiger partial charge in [-0.3, -0.25) is 4.99 Å². The molecule has 0 aliphatic carbocycles. The molecule has 1 rings (SSSR count). The summed E-state index contributed by atoms with van der Waals surface area (Å²) in [5, 5.41) is 1.60. The maximum Gasteiger partial charge on any atom is 0.0411 e. The summed E-state index contributed by atoms with van der Waals surface area (Å²) in [6.07, 6.45) is 8.13. The van der Waals surface area contributed by atoms with Crippen LogP contribution in [0.4, 0.5) is 0 Å². The highest BCUT2D eigenvalue weighted by molar-refractivity contribution is 7.83. The first kappa shape index (κ1) is 8.14. The Labute approximate surface area is 71.6 Å². The highest BCUT2D eigenvalue weighted by Crippen LogP contribution is 2.10. The van der Waals surface area contributed by atoms with Crippen molar-refractivity contribution in [1.29, 1.82) is 0 Å². The van der Waals surface area contributed by atoms with Gasteiger partial charge < -0.3 is 5.73 Å². The van der Waals surface area contributed by atoms with Crippen LogP contribution < -0.4 is 5.73 Å². The van der Waals surface area contributed by atoms with Crippen LogP contribution in [0.25, 0.3) is 0 Å². The molecule has 1 heterocycles. The van der Waals surface area contributed by atoms with E-state index >= 15 is 0 Å². The molecule has 2 N–H and O–H groups in total. The normalized spacial score (nSPS) is 17.9. The monoisotopic (exact) mass is 166 g/mol. The van der Waals surface area contributed by atoms with Gasteiger partial charge in [0.05, 0.1) is 0 Å². The topological polar surface area (TPSA) is 38.4 Å². The van der Waals surface area contributed by atoms with E-state index in [1.807, 2.05) is 18.4 Å². The van der Waals surface area contributed by atoms with Gasteiger partial charge in [0.15, 0.2) is 0 Å². The first-order valence-corrected chi connectivity index (χ1v) is 3.84. The van der Waals surface area contributed by atoms with E-state index in [9.17, 15) is 0 Å². The number of allylic oxidation sites excluding steroid dienone is 3. The standard InChI is InChI=1S/C8H10N2S/c9-8(6-11)7-2-1-4-10-5-3-7/h1-2,4-6,11H,3,9H2/b8-6-. The van der Waals surface area contributed by atoms with Crippen molar-refractivity contribution in [3.05, 3.63) is 35.0 Å². The second-order valence-corrected chi connectivity index (χ2v) is 2.41. The van der Waals surface area contributed by atoms with Crippen molar-refractivity contribution in [2.24, 2.45) is 10.7 Å². The van der Waals surface area contributed by atoms with Crippen LogP contribution >= 0.6 is 12.6 Å². The molecule has 0 fully saturated rings. The van der Waals surface area contributed by atoms with Gasteiger partial charge in [-0.15, -0.1) is 12.6 Å². The zero-order valence-electron chi connectivity index (χ0n) is 6.07. The van der Waals surface area contributed by atoms with E-state index in [2.05, 4.69) is 17.6 Å². The molecular weight excluding hydrogens is 156 g/mol. The third-order valence-corrected chi connectivity index (χ3v) is 1.67. The molecule has 0 spiro atoms. The minimum absolute atomic E-state index is 0.700. The molecule has 1 aliphatic heterocycles. The molecule has 2 nitrogen and oxygen atoms in total. The Kier molecular flexibility index (Phi) is 2.98. The van der Waals surface area contributed by atoms with E-state index in [4.69, 9.17) is 5.73 Å². The molecule has 0 saturated carbocycles. The molecule has 0 amide bonds. The number of hydrogen-bond donors (Lipinski definition) is 2. The van der Waals surface area contributed by atoms with Crippen molar-refractivity contribution in [3.63, 3.8) is 0 Å². The summed E-state index contributed by atoms with van der Waals surface area (Å²) in [5.41, 5.74) is 7.39.